The highest BCUT2D eigenvalue weighted by molar-refractivity contribution is 9.10. The van der Waals surface area contributed by atoms with Crippen LogP contribution in [-0.4, -0.2) is 23.4 Å². The van der Waals surface area contributed by atoms with E-state index in [9.17, 15) is 9.59 Å². The second kappa shape index (κ2) is 8.62. The molecular weight excluding hydrogens is 464 g/mol. The zero-order valence-corrected chi connectivity index (χ0v) is 19.0. The Bertz CT molecular complexity index is 1080. The average Bonchev–Trinajstić information content (AvgIpc) is 3.08. The first-order valence-electron chi connectivity index (χ1n) is 9.67. The minimum absolute atomic E-state index is 0.0928. The van der Waals surface area contributed by atoms with E-state index in [1.807, 2.05) is 66.4 Å². The fourth-order valence-electron chi connectivity index (χ4n) is 3.61. The van der Waals surface area contributed by atoms with Crippen molar-refractivity contribution in [2.24, 2.45) is 0 Å². The molecule has 2 aromatic carbocycles. The number of carbonyl (C=O) groups excluding carboxylic acids is 2. The first-order valence-corrected chi connectivity index (χ1v) is 11.3. The van der Waals surface area contributed by atoms with Gasteiger partial charge in [-0.3, -0.25) is 4.79 Å². The Morgan fingerprint density at radius 2 is 1.87 bits per heavy atom. The van der Waals surface area contributed by atoms with Crippen LogP contribution in [0.3, 0.4) is 0 Å². The molecule has 0 saturated heterocycles. The van der Waals surface area contributed by atoms with Crippen LogP contribution in [0.4, 0.5) is 5.69 Å². The molecule has 0 radical (unpaired) electrons. The third kappa shape index (κ3) is 3.87. The van der Waals surface area contributed by atoms with E-state index in [1.165, 1.54) is 11.3 Å². The van der Waals surface area contributed by atoms with Crippen molar-refractivity contribution >= 4 is 44.8 Å². The summed E-state index contributed by atoms with van der Waals surface area (Å²) < 4.78 is 6.18. The number of nitrogens with zero attached hydrogens (tertiary/aromatic N) is 1. The molecule has 0 saturated carbocycles. The molecule has 154 valence electrons. The molecule has 0 unspecified atom stereocenters. The van der Waals surface area contributed by atoms with E-state index in [0.717, 1.165) is 20.5 Å². The molecule has 0 spiro atoms. The predicted octanol–water partition coefficient (Wildman–Crippen LogP) is 5.76. The highest BCUT2D eigenvalue weighted by atomic mass is 79.9. The molecule has 5 nitrogen and oxygen atoms in total. The van der Waals surface area contributed by atoms with Gasteiger partial charge in [0, 0.05) is 15.9 Å². The molecule has 4 rings (SSSR count). The van der Waals surface area contributed by atoms with Crippen LogP contribution in [-0.2, 0) is 11.3 Å². The Labute approximate surface area is 187 Å². The number of ether oxygens (including phenoxy) is 1. The van der Waals surface area contributed by atoms with Gasteiger partial charge in [0.05, 0.1) is 17.9 Å². The fraction of sp³-hybridized carbons (Fsp3) is 0.217. The number of hydrogen-bond acceptors (Lipinski definition) is 5. The highest BCUT2D eigenvalue weighted by Crippen LogP contribution is 2.42. The Morgan fingerprint density at radius 3 is 2.53 bits per heavy atom. The van der Waals surface area contributed by atoms with Crippen LogP contribution >= 0.6 is 27.3 Å². The fourth-order valence-corrected chi connectivity index (χ4v) is 4.87. The molecule has 0 aliphatic carbocycles. The number of esters is 1. The van der Waals surface area contributed by atoms with Crippen LogP contribution in [0, 0.1) is 6.92 Å². The second-order valence-electron chi connectivity index (χ2n) is 6.97. The van der Waals surface area contributed by atoms with Crippen molar-refractivity contribution in [1.29, 1.82) is 0 Å². The summed E-state index contributed by atoms with van der Waals surface area (Å²) in [5, 5.41) is 3.46. The minimum atomic E-state index is -0.404. The van der Waals surface area contributed by atoms with E-state index in [1.54, 1.807) is 6.92 Å². The van der Waals surface area contributed by atoms with Crippen molar-refractivity contribution in [2.45, 2.75) is 26.6 Å². The van der Waals surface area contributed by atoms with Crippen LogP contribution in [0.5, 0.6) is 0 Å². The lowest BCUT2D eigenvalue weighted by atomic mass is 10.0. The van der Waals surface area contributed by atoms with Crippen molar-refractivity contribution in [3.05, 3.63) is 85.5 Å². The number of amides is 1. The lowest BCUT2D eigenvalue weighted by molar-refractivity contribution is 0.0532. The van der Waals surface area contributed by atoms with Crippen LogP contribution in [0.1, 0.15) is 49.1 Å². The Balaban J connectivity index is 1.80. The lowest BCUT2D eigenvalue weighted by Gasteiger charge is -2.37. The maximum Gasteiger partial charge on any atom is 0.350 e. The van der Waals surface area contributed by atoms with Gasteiger partial charge >= 0.3 is 5.97 Å². The smallest absolute Gasteiger partial charge is 0.350 e. The van der Waals surface area contributed by atoms with E-state index in [0.29, 0.717) is 22.7 Å². The maximum atomic E-state index is 13.6. The number of anilines is 1. The molecule has 0 fully saturated rings. The number of fused-ring (bicyclic) bond motifs is 1. The van der Waals surface area contributed by atoms with Gasteiger partial charge in [-0.05, 0) is 37.1 Å². The molecule has 7 heteroatoms. The summed E-state index contributed by atoms with van der Waals surface area (Å²) >= 11 is 4.76. The topological polar surface area (TPSA) is 58.6 Å². The number of halogens is 1. The van der Waals surface area contributed by atoms with Crippen molar-refractivity contribution in [2.75, 3.05) is 11.9 Å². The second-order valence-corrected chi connectivity index (χ2v) is 9.12. The van der Waals surface area contributed by atoms with Crippen LogP contribution < -0.4 is 5.32 Å². The molecule has 0 bridgehead atoms. The van der Waals surface area contributed by atoms with E-state index < -0.39 is 12.1 Å². The van der Waals surface area contributed by atoms with Crippen LogP contribution in [0.15, 0.2) is 59.1 Å². The molecule has 1 amide bonds. The predicted molar refractivity (Wildman–Crippen MR) is 122 cm³/mol. The molecule has 1 aliphatic heterocycles. The van der Waals surface area contributed by atoms with Crippen molar-refractivity contribution in [3.8, 4) is 0 Å². The van der Waals surface area contributed by atoms with Gasteiger partial charge < -0.3 is 15.0 Å². The Kier molecular flexibility index (Phi) is 5.92. The van der Waals surface area contributed by atoms with Gasteiger partial charge in [-0.1, -0.05) is 58.4 Å². The summed E-state index contributed by atoms with van der Waals surface area (Å²) in [5.74, 6) is -0.497. The number of benzene rings is 2. The Hall–Kier alpha value is -2.64. The van der Waals surface area contributed by atoms with Gasteiger partial charge in [0.25, 0.3) is 5.91 Å². The molecular formula is C23H21BrN2O3S. The SMILES string of the molecule is CCOC(=O)c1sc(C)c2c1N[C@H](c1ccc(Br)cc1)N(Cc1ccccc1)C2=O. The Morgan fingerprint density at radius 1 is 1.17 bits per heavy atom. The summed E-state index contributed by atoms with van der Waals surface area (Å²) in [6, 6.07) is 17.7. The third-order valence-electron chi connectivity index (χ3n) is 4.99. The zero-order chi connectivity index (χ0) is 21.3. The summed E-state index contributed by atoms with van der Waals surface area (Å²) in [6.07, 6.45) is -0.402. The molecule has 1 aliphatic rings. The summed E-state index contributed by atoms with van der Waals surface area (Å²) in [7, 11) is 0. The van der Waals surface area contributed by atoms with Gasteiger partial charge in [0.15, 0.2) is 0 Å². The normalized spacial score (nSPS) is 15.5. The van der Waals surface area contributed by atoms with E-state index >= 15 is 0 Å². The molecule has 2 heterocycles. The van der Waals surface area contributed by atoms with Gasteiger partial charge in [-0.25, -0.2) is 4.79 Å². The summed E-state index contributed by atoms with van der Waals surface area (Å²) in [4.78, 5) is 29.2. The number of carbonyl (C=O) groups is 2. The standard InChI is InChI=1S/C23H21BrN2O3S/c1-3-29-23(28)20-19-18(14(2)30-20)22(27)26(13-15-7-5-4-6-8-15)21(25-19)16-9-11-17(24)12-10-16/h4-12,21,25H,3,13H2,1-2H3/t21-/m0/s1. The number of aryl methyl sites for hydroxylation is 1. The lowest BCUT2D eigenvalue weighted by Crippen LogP contribution is -2.42. The quantitative estimate of drug-likeness (QED) is 0.467. The summed E-state index contributed by atoms with van der Waals surface area (Å²) in [6.45, 7) is 4.38. The number of nitrogens with one attached hydrogen (secondary N) is 1. The monoisotopic (exact) mass is 484 g/mol. The van der Waals surface area contributed by atoms with Gasteiger partial charge in [0.1, 0.15) is 11.0 Å². The van der Waals surface area contributed by atoms with Gasteiger partial charge in [-0.2, -0.15) is 0 Å². The average molecular weight is 485 g/mol. The van der Waals surface area contributed by atoms with E-state index in [-0.39, 0.29) is 12.5 Å². The van der Waals surface area contributed by atoms with Crippen molar-refractivity contribution < 1.29 is 14.3 Å². The van der Waals surface area contributed by atoms with E-state index in [2.05, 4.69) is 21.2 Å². The minimum Gasteiger partial charge on any atom is -0.462 e. The molecule has 3 aromatic rings. The first-order chi connectivity index (χ1) is 14.5. The number of hydrogen-bond donors (Lipinski definition) is 1. The van der Waals surface area contributed by atoms with Crippen molar-refractivity contribution in [1.82, 2.24) is 4.90 Å². The largest absolute Gasteiger partial charge is 0.462 e. The molecule has 1 atom stereocenters. The zero-order valence-electron chi connectivity index (χ0n) is 16.6. The van der Waals surface area contributed by atoms with Crippen LogP contribution in [0.2, 0.25) is 0 Å². The van der Waals surface area contributed by atoms with Crippen LogP contribution in [0.25, 0.3) is 0 Å². The van der Waals surface area contributed by atoms with Gasteiger partial charge in [0.2, 0.25) is 0 Å². The molecule has 1 N–H and O–H groups in total. The number of thiophene rings is 1. The molecule has 1 aromatic heterocycles. The number of rotatable bonds is 5. The summed E-state index contributed by atoms with van der Waals surface area (Å²) in [5.41, 5.74) is 3.09. The van der Waals surface area contributed by atoms with Crippen molar-refractivity contribution in [3.63, 3.8) is 0 Å². The highest BCUT2D eigenvalue weighted by Gasteiger charge is 2.38. The maximum absolute atomic E-state index is 13.6. The third-order valence-corrected chi connectivity index (χ3v) is 6.61. The molecule has 30 heavy (non-hydrogen) atoms. The van der Waals surface area contributed by atoms with E-state index in [4.69, 9.17) is 4.74 Å². The van der Waals surface area contributed by atoms with Gasteiger partial charge in [-0.15, -0.1) is 11.3 Å². The first kappa shape index (κ1) is 20.6.